The molecule has 0 saturated heterocycles. The minimum Gasteiger partial charge on any atom is -0.515 e. The predicted octanol–water partition coefficient (Wildman–Crippen LogP) is 0.825. The summed E-state index contributed by atoms with van der Waals surface area (Å²) in [6.07, 6.45) is 1.54. The Morgan fingerprint density at radius 3 is 2.33 bits per heavy atom. The van der Waals surface area contributed by atoms with Crippen molar-refractivity contribution in [3.63, 3.8) is 0 Å². The van der Waals surface area contributed by atoms with Crippen molar-refractivity contribution in [2.24, 2.45) is 5.41 Å². The largest absolute Gasteiger partial charge is 0.515 e. The third kappa shape index (κ3) is 2.01. The van der Waals surface area contributed by atoms with Gasteiger partial charge in [0.15, 0.2) is 0 Å². The second-order valence-corrected chi connectivity index (χ2v) is 2.52. The van der Waals surface area contributed by atoms with Crippen molar-refractivity contribution >= 4 is 16.5 Å². The van der Waals surface area contributed by atoms with Crippen LogP contribution in [0.3, 0.4) is 0 Å². The third-order valence-corrected chi connectivity index (χ3v) is 1.31. The van der Waals surface area contributed by atoms with Crippen molar-refractivity contribution in [3.8, 4) is 0 Å². The first-order valence-corrected chi connectivity index (χ1v) is 2.97. The molecule has 3 radical (unpaired) electrons. The summed E-state index contributed by atoms with van der Waals surface area (Å²) in [5.41, 5.74) is -0.595. The molecule has 0 fully saturated rings. The van der Waals surface area contributed by atoms with E-state index < -0.39 is 5.41 Å². The SMILES string of the molecule is C=CC(C)(C)C(=O)O[Si]. The predicted molar refractivity (Wildman–Crippen MR) is 35.8 cm³/mol. The molecule has 49 valence electrons. The van der Waals surface area contributed by atoms with E-state index in [2.05, 4.69) is 21.5 Å². The van der Waals surface area contributed by atoms with Gasteiger partial charge in [-0.15, -0.1) is 6.58 Å². The maximum absolute atomic E-state index is 10.7. The molecule has 0 bridgehead atoms. The molecule has 0 aliphatic rings. The summed E-state index contributed by atoms with van der Waals surface area (Å²) in [6.45, 7) is 6.93. The monoisotopic (exact) mass is 141 g/mol. The number of hydrogen-bond acceptors (Lipinski definition) is 2. The number of hydrogen-bond donors (Lipinski definition) is 0. The normalized spacial score (nSPS) is 10.6. The molecule has 0 saturated carbocycles. The highest BCUT2D eigenvalue weighted by atomic mass is 28.2. The van der Waals surface area contributed by atoms with Gasteiger partial charge in [0, 0.05) is 0 Å². The minimum absolute atomic E-state index is 0.339. The van der Waals surface area contributed by atoms with Crippen LogP contribution in [0.5, 0.6) is 0 Å². The summed E-state index contributed by atoms with van der Waals surface area (Å²) in [5, 5.41) is 0. The fourth-order valence-electron chi connectivity index (χ4n) is 0.215. The van der Waals surface area contributed by atoms with Gasteiger partial charge in [0.1, 0.15) is 0 Å². The quantitative estimate of drug-likeness (QED) is 0.420. The Hall–Kier alpha value is -0.573. The summed E-state index contributed by atoms with van der Waals surface area (Å²) in [5.74, 6) is -0.339. The van der Waals surface area contributed by atoms with Gasteiger partial charge in [0.25, 0.3) is 0 Å². The van der Waals surface area contributed by atoms with E-state index >= 15 is 0 Å². The molecule has 0 aromatic carbocycles. The zero-order valence-corrected chi connectivity index (χ0v) is 6.60. The van der Waals surface area contributed by atoms with Gasteiger partial charge in [-0.05, 0) is 13.8 Å². The van der Waals surface area contributed by atoms with E-state index in [1.54, 1.807) is 13.8 Å². The van der Waals surface area contributed by atoms with E-state index in [0.717, 1.165) is 0 Å². The highest BCUT2D eigenvalue weighted by Gasteiger charge is 2.23. The molecule has 0 aliphatic carbocycles. The molecular formula is C6H9O2Si. The number of rotatable bonds is 2. The van der Waals surface area contributed by atoms with Crippen molar-refractivity contribution < 1.29 is 9.22 Å². The number of carbonyl (C=O) groups excluding carboxylic acids is 1. The van der Waals surface area contributed by atoms with E-state index in [1.165, 1.54) is 6.08 Å². The topological polar surface area (TPSA) is 26.3 Å². The first kappa shape index (κ1) is 8.43. The highest BCUT2D eigenvalue weighted by Crippen LogP contribution is 2.16. The lowest BCUT2D eigenvalue weighted by Crippen LogP contribution is -2.22. The first-order valence-electron chi connectivity index (χ1n) is 2.56. The summed E-state index contributed by atoms with van der Waals surface area (Å²) in [7, 11) is 2.64. The molecular weight excluding hydrogens is 132 g/mol. The molecule has 3 heteroatoms. The van der Waals surface area contributed by atoms with Crippen LogP contribution in [0, 0.1) is 5.41 Å². The molecule has 0 aromatic rings. The molecule has 9 heavy (non-hydrogen) atoms. The van der Waals surface area contributed by atoms with Gasteiger partial charge < -0.3 is 4.43 Å². The van der Waals surface area contributed by atoms with E-state index in [0.29, 0.717) is 0 Å². The molecule has 0 atom stereocenters. The molecule has 2 nitrogen and oxygen atoms in total. The fraction of sp³-hybridized carbons (Fsp3) is 0.500. The number of carbonyl (C=O) groups is 1. The van der Waals surface area contributed by atoms with Crippen LogP contribution >= 0.6 is 0 Å². The highest BCUT2D eigenvalue weighted by molar-refractivity contribution is 6.06. The van der Waals surface area contributed by atoms with Crippen LogP contribution in [0.1, 0.15) is 13.8 Å². The third-order valence-electron chi connectivity index (χ3n) is 1.13. The Kier molecular flexibility index (Phi) is 2.64. The molecule has 0 N–H and O–H groups in total. The summed E-state index contributed by atoms with van der Waals surface area (Å²) >= 11 is 0. The zero-order valence-electron chi connectivity index (χ0n) is 5.60. The molecule has 0 rings (SSSR count). The van der Waals surface area contributed by atoms with Gasteiger partial charge in [-0.2, -0.15) is 0 Å². The zero-order chi connectivity index (χ0) is 7.49. The minimum atomic E-state index is -0.595. The molecule has 0 aromatic heterocycles. The molecule has 0 unspecified atom stereocenters. The lowest BCUT2D eigenvalue weighted by Gasteiger charge is -2.15. The molecule has 0 aliphatic heterocycles. The standard InChI is InChI=1S/C6H9O2Si/c1-4-6(2,3)5(7)8-9/h4H,1H2,2-3H3. The second kappa shape index (κ2) is 2.82. The van der Waals surface area contributed by atoms with Crippen LogP contribution in [-0.2, 0) is 9.22 Å². The second-order valence-electron chi connectivity index (χ2n) is 2.32. The van der Waals surface area contributed by atoms with Gasteiger partial charge in [0.05, 0.1) is 5.41 Å². The Labute approximate surface area is 58.4 Å². The van der Waals surface area contributed by atoms with E-state index in [-0.39, 0.29) is 5.97 Å². The average molecular weight is 141 g/mol. The van der Waals surface area contributed by atoms with Crippen molar-refractivity contribution in [1.82, 2.24) is 0 Å². The van der Waals surface area contributed by atoms with Crippen LogP contribution in [0.4, 0.5) is 0 Å². The van der Waals surface area contributed by atoms with Gasteiger partial charge in [-0.1, -0.05) is 6.08 Å². The van der Waals surface area contributed by atoms with Crippen LogP contribution < -0.4 is 0 Å². The molecule has 0 heterocycles. The maximum atomic E-state index is 10.7. The Bertz CT molecular complexity index is 129. The van der Waals surface area contributed by atoms with Crippen LogP contribution in [0.2, 0.25) is 0 Å². The van der Waals surface area contributed by atoms with Gasteiger partial charge in [-0.3, -0.25) is 4.79 Å². The lowest BCUT2D eigenvalue weighted by atomic mass is 9.95. The van der Waals surface area contributed by atoms with Gasteiger partial charge in [-0.25, -0.2) is 0 Å². The van der Waals surface area contributed by atoms with E-state index in [4.69, 9.17) is 0 Å². The molecule has 0 spiro atoms. The van der Waals surface area contributed by atoms with Crippen molar-refractivity contribution in [2.75, 3.05) is 0 Å². The van der Waals surface area contributed by atoms with Gasteiger partial charge >= 0.3 is 16.5 Å². The van der Waals surface area contributed by atoms with Crippen LogP contribution in [0.15, 0.2) is 12.7 Å². The van der Waals surface area contributed by atoms with Gasteiger partial charge in [0.2, 0.25) is 0 Å². The van der Waals surface area contributed by atoms with Crippen molar-refractivity contribution in [1.29, 1.82) is 0 Å². The Balaban J connectivity index is 4.14. The average Bonchev–Trinajstić information content (AvgIpc) is 1.86. The lowest BCUT2D eigenvalue weighted by molar-refractivity contribution is -0.141. The van der Waals surface area contributed by atoms with E-state index in [9.17, 15) is 4.79 Å². The Morgan fingerprint density at radius 2 is 2.22 bits per heavy atom. The van der Waals surface area contributed by atoms with E-state index in [1.807, 2.05) is 0 Å². The first-order chi connectivity index (χ1) is 4.04. The maximum Gasteiger partial charge on any atom is 0.345 e. The summed E-state index contributed by atoms with van der Waals surface area (Å²) in [6, 6.07) is 0. The fourth-order valence-corrected chi connectivity index (χ4v) is 0.478. The van der Waals surface area contributed by atoms with Crippen LogP contribution in [0.25, 0.3) is 0 Å². The smallest absolute Gasteiger partial charge is 0.345 e. The Morgan fingerprint density at radius 1 is 1.78 bits per heavy atom. The summed E-state index contributed by atoms with van der Waals surface area (Å²) < 4.78 is 4.30. The molecule has 0 amide bonds. The summed E-state index contributed by atoms with van der Waals surface area (Å²) in [4.78, 5) is 10.7. The van der Waals surface area contributed by atoms with Crippen molar-refractivity contribution in [2.45, 2.75) is 13.8 Å². The van der Waals surface area contributed by atoms with Crippen molar-refractivity contribution in [3.05, 3.63) is 12.7 Å². The van der Waals surface area contributed by atoms with Crippen LogP contribution in [-0.4, -0.2) is 16.5 Å².